The van der Waals surface area contributed by atoms with Crippen LogP contribution in [-0.4, -0.2) is 22.2 Å². The van der Waals surface area contributed by atoms with Gasteiger partial charge >= 0.3 is 6.09 Å². The third kappa shape index (κ3) is 6.17. The molecule has 0 atom stereocenters. The summed E-state index contributed by atoms with van der Waals surface area (Å²) in [5.41, 5.74) is 5.68. The van der Waals surface area contributed by atoms with E-state index >= 15 is 0 Å². The molecule has 0 aliphatic rings. The summed E-state index contributed by atoms with van der Waals surface area (Å²) in [4.78, 5) is 23.5. The minimum Gasteiger partial charge on any atom is -0.465 e. The lowest BCUT2D eigenvalue weighted by Gasteiger charge is -2.12. The predicted octanol–water partition coefficient (Wildman–Crippen LogP) is 5.21. The minimum absolute atomic E-state index is 0.0309. The van der Waals surface area contributed by atoms with Crippen molar-refractivity contribution in [1.82, 2.24) is 0 Å². The molecule has 0 spiro atoms. The van der Waals surface area contributed by atoms with Crippen LogP contribution in [0, 0.1) is 6.92 Å². The molecule has 4 N–H and O–H groups in total. The quantitative estimate of drug-likeness (QED) is 0.404. The normalized spacial score (nSPS) is 10.5. The standard InChI is InChI=1S/C25H26N2O4/c1-17-14-19(16-28)11-13-22(17)26-24(29)9-5-6-18-10-12-21(20-7-3-2-4-8-20)23(15-18)27-25(30)31/h2-4,7-8,10-15,27-28H,5-6,9,16H2,1H3,(H,26,29)(H,30,31). The number of aliphatic hydroxyl groups excluding tert-OH is 1. The van der Waals surface area contributed by atoms with Crippen LogP contribution in [0.5, 0.6) is 0 Å². The lowest BCUT2D eigenvalue weighted by Crippen LogP contribution is -2.12. The van der Waals surface area contributed by atoms with Gasteiger partial charge in [-0.25, -0.2) is 4.79 Å². The number of benzene rings is 3. The maximum Gasteiger partial charge on any atom is 0.409 e. The molecule has 3 aromatic rings. The van der Waals surface area contributed by atoms with Gasteiger partial charge in [0.25, 0.3) is 0 Å². The van der Waals surface area contributed by atoms with Gasteiger partial charge in [-0.2, -0.15) is 0 Å². The summed E-state index contributed by atoms with van der Waals surface area (Å²) in [5.74, 6) is -0.0790. The highest BCUT2D eigenvalue weighted by molar-refractivity contribution is 5.92. The molecule has 0 bridgehead atoms. The maximum atomic E-state index is 12.3. The van der Waals surface area contributed by atoms with Crippen LogP contribution in [0.2, 0.25) is 0 Å². The van der Waals surface area contributed by atoms with E-state index in [1.54, 1.807) is 12.1 Å². The van der Waals surface area contributed by atoms with E-state index in [0.29, 0.717) is 24.9 Å². The van der Waals surface area contributed by atoms with Gasteiger partial charge in [0.05, 0.1) is 12.3 Å². The van der Waals surface area contributed by atoms with E-state index < -0.39 is 6.09 Å². The minimum atomic E-state index is -1.11. The molecule has 0 radical (unpaired) electrons. The second kappa shape index (κ2) is 10.4. The van der Waals surface area contributed by atoms with Crippen LogP contribution in [0.15, 0.2) is 66.7 Å². The number of hydrogen-bond donors (Lipinski definition) is 4. The van der Waals surface area contributed by atoms with Crippen molar-refractivity contribution in [2.75, 3.05) is 10.6 Å². The number of aryl methyl sites for hydroxylation is 2. The van der Waals surface area contributed by atoms with Gasteiger partial charge < -0.3 is 15.5 Å². The largest absolute Gasteiger partial charge is 0.465 e. The van der Waals surface area contributed by atoms with E-state index in [-0.39, 0.29) is 12.5 Å². The first-order valence-electron chi connectivity index (χ1n) is 10.1. The summed E-state index contributed by atoms with van der Waals surface area (Å²) in [5, 5.41) is 23.8. The molecular weight excluding hydrogens is 392 g/mol. The monoisotopic (exact) mass is 418 g/mol. The fourth-order valence-corrected chi connectivity index (χ4v) is 3.47. The number of rotatable bonds is 8. The lowest BCUT2D eigenvalue weighted by molar-refractivity contribution is -0.116. The van der Waals surface area contributed by atoms with Crippen molar-refractivity contribution in [3.63, 3.8) is 0 Å². The highest BCUT2D eigenvalue weighted by atomic mass is 16.4. The number of carboxylic acid groups (broad SMARTS) is 1. The average Bonchev–Trinajstić information content (AvgIpc) is 2.75. The van der Waals surface area contributed by atoms with Gasteiger partial charge in [0.2, 0.25) is 5.91 Å². The first-order chi connectivity index (χ1) is 15.0. The number of amides is 2. The van der Waals surface area contributed by atoms with Gasteiger partial charge in [0.1, 0.15) is 0 Å². The van der Waals surface area contributed by atoms with E-state index in [1.807, 2.05) is 61.5 Å². The molecule has 3 aromatic carbocycles. The van der Waals surface area contributed by atoms with Crippen molar-refractivity contribution in [3.05, 3.63) is 83.4 Å². The summed E-state index contributed by atoms with van der Waals surface area (Å²) in [7, 11) is 0. The Bertz CT molecular complexity index is 1060. The van der Waals surface area contributed by atoms with Crippen LogP contribution < -0.4 is 10.6 Å². The molecule has 0 heterocycles. The zero-order valence-electron chi connectivity index (χ0n) is 17.4. The van der Waals surface area contributed by atoms with Crippen LogP contribution in [0.3, 0.4) is 0 Å². The Labute approximate surface area is 181 Å². The van der Waals surface area contributed by atoms with Crippen molar-refractivity contribution >= 4 is 23.4 Å². The molecule has 31 heavy (non-hydrogen) atoms. The van der Waals surface area contributed by atoms with Gasteiger partial charge in [0.15, 0.2) is 0 Å². The SMILES string of the molecule is Cc1cc(CO)ccc1NC(=O)CCCc1ccc(-c2ccccc2)c(NC(=O)O)c1. The highest BCUT2D eigenvalue weighted by Gasteiger charge is 2.10. The van der Waals surface area contributed by atoms with Gasteiger partial charge in [-0.15, -0.1) is 0 Å². The predicted molar refractivity (Wildman–Crippen MR) is 122 cm³/mol. The maximum absolute atomic E-state index is 12.3. The smallest absolute Gasteiger partial charge is 0.409 e. The topological polar surface area (TPSA) is 98.7 Å². The van der Waals surface area contributed by atoms with Crippen LogP contribution >= 0.6 is 0 Å². The average molecular weight is 418 g/mol. The van der Waals surface area contributed by atoms with E-state index in [1.165, 1.54) is 0 Å². The van der Waals surface area contributed by atoms with Crippen molar-refractivity contribution in [2.24, 2.45) is 0 Å². The van der Waals surface area contributed by atoms with Crippen molar-refractivity contribution < 1.29 is 19.8 Å². The Hall–Kier alpha value is -3.64. The number of carbonyl (C=O) groups excluding carboxylic acids is 1. The second-order valence-electron chi connectivity index (χ2n) is 7.39. The molecule has 0 unspecified atom stereocenters. The molecule has 6 heteroatoms. The zero-order valence-corrected chi connectivity index (χ0v) is 17.4. The fraction of sp³-hybridized carbons (Fsp3) is 0.200. The zero-order chi connectivity index (χ0) is 22.2. The Balaban J connectivity index is 1.62. The van der Waals surface area contributed by atoms with Crippen LogP contribution in [-0.2, 0) is 17.8 Å². The third-order valence-electron chi connectivity index (χ3n) is 5.03. The number of nitrogens with one attached hydrogen (secondary N) is 2. The van der Waals surface area contributed by atoms with E-state index in [2.05, 4.69) is 10.6 Å². The summed E-state index contributed by atoms with van der Waals surface area (Å²) in [6.45, 7) is 1.86. The van der Waals surface area contributed by atoms with Crippen molar-refractivity contribution in [2.45, 2.75) is 32.8 Å². The molecule has 0 aromatic heterocycles. The number of anilines is 2. The van der Waals surface area contributed by atoms with Gasteiger partial charge in [0, 0.05) is 17.7 Å². The van der Waals surface area contributed by atoms with Gasteiger partial charge in [-0.1, -0.05) is 54.6 Å². The fourth-order valence-electron chi connectivity index (χ4n) is 3.47. The molecule has 2 amide bonds. The molecule has 0 saturated carbocycles. The molecule has 0 aliphatic heterocycles. The van der Waals surface area contributed by atoms with Gasteiger partial charge in [-0.3, -0.25) is 10.1 Å². The van der Waals surface area contributed by atoms with Crippen molar-refractivity contribution in [1.29, 1.82) is 0 Å². The number of aliphatic hydroxyl groups is 1. The molecule has 160 valence electrons. The summed E-state index contributed by atoms with van der Waals surface area (Å²) < 4.78 is 0. The summed E-state index contributed by atoms with van der Waals surface area (Å²) in [6, 6.07) is 20.7. The first-order valence-corrected chi connectivity index (χ1v) is 10.1. The molecular formula is C25H26N2O4. The highest BCUT2D eigenvalue weighted by Crippen LogP contribution is 2.29. The van der Waals surface area contributed by atoms with Crippen LogP contribution in [0.25, 0.3) is 11.1 Å². The molecule has 0 saturated heterocycles. The Morgan fingerprint density at radius 2 is 1.61 bits per heavy atom. The van der Waals surface area contributed by atoms with E-state index in [4.69, 9.17) is 0 Å². The van der Waals surface area contributed by atoms with Crippen LogP contribution in [0.1, 0.15) is 29.5 Å². The Morgan fingerprint density at radius 1 is 0.871 bits per heavy atom. The van der Waals surface area contributed by atoms with Gasteiger partial charge in [-0.05, 0) is 54.2 Å². The Kier molecular flexibility index (Phi) is 7.40. The summed E-state index contributed by atoms with van der Waals surface area (Å²) >= 11 is 0. The summed E-state index contributed by atoms with van der Waals surface area (Å²) in [6.07, 6.45) is 0.524. The van der Waals surface area contributed by atoms with E-state index in [0.717, 1.165) is 33.5 Å². The van der Waals surface area contributed by atoms with E-state index in [9.17, 15) is 19.8 Å². The second-order valence-corrected chi connectivity index (χ2v) is 7.39. The van der Waals surface area contributed by atoms with Crippen LogP contribution in [0.4, 0.5) is 16.2 Å². The number of carbonyl (C=O) groups is 2. The molecule has 6 nitrogen and oxygen atoms in total. The third-order valence-corrected chi connectivity index (χ3v) is 5.03. The molecule has 0 aliphatic carbocycles. The Morgan fingerprint density at radius 3 is 2.29 bits per heavy atom. The number of hydrogen-bond acceptors (Lipinski definition) is 3. The first kappa shape index (κ1) is 22.1. The molecule has 3 rings (SSSR count). The lowest BCUT2D eigenvalue weighted by atomic mass is 9.99. The van der Waals surface area contributed by atoms with Crippen molar-refractivity contribution in [3.8, 4) is 11.1 Å². The molecule has 0 fully saturated rings.